The minimum atomic E-state index is 0.0632. The first-order chi connectivity index (χ1) is 9.45. The fourth-order valence-corrected chi connectivity index (χ4v) is 2.80. The van der Waals surface area contributed by atoms with E-state index in [9.17, 15) is 4.79 Å². The molecule has 1 amide bonds. The van der Waals surface area contributed by atoms with E-state index < -0.39 is 0 Å². The first kappa shape index (κ1) is 15.3. The Kier molecular flexibility index (Phi) is 5.05. The summed E-state index contributed by atoms with van der Waals surface area (Å²) in [6.45, 7) is 8.37. The van der Waals surface area contributed by atoms with Crippen molar-refractivity contribution in [3.8, 4) is 5.75 Å². The van der Waals surface area contributed by atoms with E-state index in [1.54, 1.807) is 0 Å². The molecular formula is C15H21BrN2O2. The molecule has 0 spiro atoms. The number of carbonyl (C=O) groups excluding carboxylic acids is 1. The molecule has 2 rings (SSSR count). The maximum Gasteiger partial charge on any atom is 0.254 e. The van der Waals surface area contributed by atoms with Crippen LogP contribution in [0.5, 0.6) is 5.75 Å². The van der Waals surface area contributed by atoms with E-state index in [2.05, 4.69) is 28.2 Å². The molecule has 0 aliphatic carbocycles. The van der Waals surface area contributed by atoms with Crippen LogP contribution in [0.3, 0.4) is 0 Å². The van der Waals surface area contributed by atoms with Crippen molar-refractivity contribution in [3.63, 3.8) is 0 Å². The molecule has 20 heavy (non-hydrogen) atoms. The summed E-state index contributed by atoms with van der Waals surface area (Å²) < 4.78 is 6.54. The number of carbonyl (C=O) groups is 1. The highest BCUT2D eigenvalue weighted by molar-refractivity contribution is 9.10. The van der Waals surface area contributed by atoms with E-state index in [0.29, 0.717) is 11.6 Å². The van der Waals surface area contributed by atoms with Gasteiger partial charge in [0.2, 0.25) is 0 Å². The van der Waals surface area contributed by atoms with E-state index >= 15 is 0 Å². The van der Waals surface area contributed by atoms with Gasteiger partial charge in [0.1, 0.15) is 5.75 Å². The summed E-state index contributed by atoms with van der Waals surface area (Å²) in [6, 6.07) is 5.89. The Morgan fingerprint density at radius 2 is 2.20 bits per heavy atom. The summed E-state index contributed by atoms with van der Waals surface area (Å²) in [6.07, 6.45) is 0.0893. The molecule has 0 bridgehead atoms. The highest BCUT2D eigenvalue weighted by Crippen LogP contribution is 2.23. The zero-order valence-corrected chi connectivity index (χ0v) is 13.7. The SMILES string of the molecule is CC1CN(C(=O)c2cc(Br)cc(OC(C)C)c2)CCN1. The zero-order valence-electron chi connectivity index (χ0n) is 12.1. The molecule has 1 aliphatic heterocycles. The Labute approximate surface area is 128 Å². The van der Waals surface area contributed by atoms with Crippen molar-refractivity contribution in [2.45, 2.75) is 32.9 Å². The number of hydrogen-bond acceptors (Lipinski definition) is 3. The molecule has 1 heterocycles. The van der Waals surface area contributed by atoms with E-state index in [1.807, 2.05) is 36.9 Å². The third-order valence-electron chi connectivity index (χ3n) is 3.15. The molecule has 4 nitrogen and oxygen atoms in total. The monoisotopic (exact) mass is 340 g/mol. The van der Waals surface area contributed by atoms with Gasteiger partial charge in [-0.05, 0) is 39.0 Å². The van der Waals surface area contributed by atoms with Gasteiger partial charge in [0.25, 0.3) is 5.91 Å². The average molecular weight is 341 g/mol. The van der Waals surface area contributed by atoms with Crippen LogP contribution in [0.25, 0.3) is 0 Å². The Hall–Kier alpha value is -1.07. The van der Waals surface area contributed by atoms with Gasteiger partial charge in [0.15, 0.2) is 0 Å². The molecule has 1 aromatic carbocycles. The lowest BCUT2D eigenvalue weighted by atomic mass is 10.1. The molecular weight excluding hydrogens is 320 g/mol. The smallest absolute Gasteiger partial charge is 0.254 e. The van der Waals surface area contributed by atoms with Crippen molar-refractivity contribution in [1.29, 1.82) is 0 Å². The van der Waals surface area contributed by atoms with Gasteiger partial charge >= 0.3 is 0 Å². The zero-order chi connectivity index (χ0) is 14.7. The van der Waals surface area contributed by atoms with E-state index in [0.717, 1.165) is 29.9 Å². The van der Waals surface area contributed by atoms with Crippen molar-refractivity contribution in [1.82, 2.24) is 10.2 Å². The molecule has 1 atom stereocenters. The van der Waals surface area contributed by atoms with Crippen molar-refractivity contribution in [3.05, 3.63) is 28.2 Å². The van der Waals surface area contributed by atoms with Crippen molar-refractivity contribution < 1.29 is 9.53 Å². The number of halogens is 1. The topological polar surface area (TPSA) is 41.6 Å². The predicted octanol–water partition coefficient (Wildman–Crippen LogP) is 2.67. The third-order valence-corrected chi connectivity index (χ3v) is 3.60. The normalized spacial score (nSPS) is 19.2. The molecule has 1 aliphatic rings. The highest BCUT2D eigenvalue weighted by atomic mass is 79.9. The molecule has 0 saturated carbocycles. The number of ether oxygens (including phenoxy) is 1. The van der Waals surface area contributed by atoms with E-state index in [1.165, 1.54) is 0 Å². The number of benzene rings is 1. The first-order valence-electron chi connectivity index (χ1n) is 6.95. The summed E-state index contributed by atoms with van der Waals surface area (Å²) >= 11 is 3.44. The number of piperazine rings is 1. The standard InChI is InChI=1S/C15H21BrN2O2/c1-10(2)20-14-7-12(6-13(16)8-14)15(19)18-5-4-17-11(3)9-18/h6-8,10-11,17H,4-5,9H2,1-3H3. The van der Waals surface area contributed by atoms with E-state index in [4.69, 9.17) is 4.74 Å². The molecule has 1 fully saturated rings. The molecule has 1 saturated heterocycles. The van der Waals surface area contributed by atoms with Crippen molar-refractivity contribution in [2.24, 2.45) is 0 Å². The van der Waals surface area contributed by atoms with Gasteiger partial charge in [0, 0.05) is 35.7 Å². The molecule has 110 valence electrons. The fourth-order valence-electron chi connectivity index (χ4n) is 2.33. The lowest BCUT2D eigenvalue weighted by molar-refractivity contribution is 0.0708. The van der Waals surface area contributed by atoms with Crippen LogP contribution in [0.4, 0.5) is 0 Å². The molecule has 5 heteroatoms. The lowest BCUT2D eigenvalue weighted by Gasteiger charge is -2.32. The molecule has 1 aromatic rings. The second kappa shape index (κ2) is 6.59. The molecule has 1 N–H and O–H groups in total. The van der Waals surface area contributed by atoms with Crippen LogP contribution in [0.15, 0.2) is 22.7 Å². The highest BCUT2D eigenvalue weighted by Gasteiger charge is 2.22. The van der Waals surface area contributed by atoms with Gasteiger partial charge in [0.05, 0.1) is 6.10 Å². The maximum absolute atomic E-state index is 12.6. The minimum absolute atomic E-state index is 0.0632. The Balaban J connectivity index is 2.18. The van der Waals surface area contributed by atoms with E-state index in [-0.39, 0.29) is 12.0 Å². The van der Waals surface area contributed by atoms with Crippen LogP contribution in [0, 0.1) is 0 Å². The van der Waals surface area contributed by atoms with Crippen LogP contribution in [0.2, 0.25) is 0 Å². The number of nitrogens with one attached hydrogen (secondary N) is 1. The number of rotatable bonds is 3. The Morgan fingerprint density at radius 1 is 1.45 bits per heavy atom. The Morgan fingerprint density at radius 3 is 2.85 bits per heavy atom. The number of nitrogens with zero attached hydrogens (tertiary/aromatic N) is 1. The quantitative estimate of drug-likeness (QED) is 0.919. The maximum atomic E-state index is 12.6. The van der Waals surface area contributed by atoms with Crippen molar-refractivity contribution >= 4 is 21.8 Å². The Bertz CT molecular complexity index is 491. The van der Waals surface area contributed by atoms with Crippen LogP contribution in [-0.2, 0) is 0 Å². The van der Waals surface area contributed by atoms with Gasteiger partial charge in [-0.2, -0.15) is 0 Å². The van der Waals surface area contributed by atoms with Crippen LogP contribution in [0.1, 0.15) is 31.1 Å². The number of amides is 1. The molecule has 1 unspecified atom stereocenters. The van der Waals surface area contributed by atoms with Crippen LogP contribution >= 0.6 is 15.9 Å². The second-order valence-electron chi connectivity index (χ2n) is 5.45. The number of hydrogen-bond donors (Lipinski definition) is 1. The van der Waals surface area contributed by atoms with Gasteiger partial charge in [-0.15, -0.1) is 0 Å². The van der Waals surface area contributed by atoms with Gasteiger partial charge in [-0.25, -0.2) is 0 Å². The van der Waals surface area contributed by atoms with Gasteiger partial charge in [-0.1, -0.05) is 15.9 Å². The minimum Gasteiger partial charge on any atom is -0.491 e. The van der Waals surface area contributed by atoms with Gasteiger partial charge in [-0.3, -0.25) is 4.79 Å². The second-order valence-corrected chi connectivity index (χ2v) is 6.36. The summed E-state index contributed by atoms with van der Waals surface area (Å²) in [4.78, 5) is 14.4. The van der Waals surface area contributed by atoms with Crippen LogP contribution < -0.4 is 10.1 Å². The third kappa shape index (κ3) is 3.96. The largest absolute Gasteiger partial charge is 0.491 e. The first-order valence-corrected chi connectivity index (χ1v) is 7.75. The fraction of sp³-hybridized carbons (Fsp3) is 0.533. The van der Waals surface area contributed by atoms with Gasteiger partial charge < -0.3 is 15.0 Å². The molecule has 0 aromatic heterocycles. The van der Waals surface area contributed by atoms with Crippen molar-refractivity contribution in [2.75, 3.05) is 19.6 Å². The summed E-state index contributed by atoms with van der Waals surface area (Å²) in [5, 5.41) is 3.34. The summed E-state index contributed by atoms with van der Waals surface area (Å²) in [5.74, 6) is 0.786. The summed E-state index contributed by atoms with van der Waals surface area (Å²) in [5.41, 5.74) is 0.670. The average Bonchev–Trinajstić information content (AvgIpc) is 2.36. The summed E-state index contributed by atoms with van der Waals surface area (Å²) in [7, 11) is 0. The molecule has 0 radical (unpaired) electrons. The predicted molar refractivity (Wildman–Crippen MR) is 83.3 cm³/mol. The lowest BCUT2D eigenvalue weighted by Crippen LogP contribution is -2.51. The van der Waals surface area contributed by atoms with Crippen LogP contribution in [-0.4, -0.2) is 42.6 Å².